The lowest BCUT2D eigenvalue weighted by Gasteiger charge is -2.11. The third kappa shape index (κ3) is 16.2. The molecule has 0 aromatic heterocycles. The molecule has 0 aliphatic rings. The minimum atomic E-state index is -0.133. The maximum atomic E-state index is 9.85. The largest absolute Gasteiger partial charge is 0.393 e. The maximum absolute atomic E-state index is 9.85. The molecule has 0 fully saturated rings. The molecule has 4 nitrogen and oxygen atoms in total. The molecular formula is C18H40N2O2. The Morgan fingerprint density at radius 2 is 0.727 bits per heavy atom. The average molecular weight is 317 g/mol. The fourth-order valence-corrected chi connectivity index (χ4v) is 2.80. The molecule has 0 saturated carbocycles. The van der Waals surface area contributed by atoms with Crippen LogP contribution in [0, 0.1) is 0 Å². The summed E-state index contributed by atoms with van der Waals surface area (Å²) >= 11 is 0. The van der Waals surface area contributed by atoms with Gasteiger partial charge in [-0.2, -0.15) is 0 Å². The Kier molecular flexibility index (Phi) is 17.1. The van der Waals surface area contributed by atoms with Crippen molar-refractivity contribution in [3.63, 3.8) is 0 Å². The van der Waals surface area contributed by atoms with E-state index in [4.69, 9.17) is 11.5 Å². The highest BCUT2D eigenvalue weighted by molar-refractivity contribution is 4.59. The number of rotatable bonds is 17. The topological polar surface area (TPSA) is 92.5 Å². The molecule has 0 spiro atoms. The van der Waals surface area contributed by atoms with Crippen LogP contribution in [0.3, 0.4) is 0 Å². The van der Waals surface area contributed by atoms with Gasteiger partial charge in [-0.1, -0.05) is 51.4 Å². The number of nitrogens with two attached hydrogens (primary N) is 2. The molecule has 0 radical (unpaired) electrons. The summed E-state index contributed by atoms with van der Waals surface area (Å²) in [5.41, 5.74) is 10.9. The van der Waals surface area contributed by atoms with Crippen LogP contribution in [0.1, 0.15) is 89.9 Å². The molecule has 0 saturated heterocycles. The van der Waals surface area contributed by atoms with Gasteiger partial charge in [0.25, 0.3) is 0 Å². The average Bonchev–Trinajstić information content (AvgIpc) is 2.51. The van der Waals surface area contributed by atoms with Crippen LogP contribution in [0.5, 0.6) is 0 Å². The van der Waals surface area contributed by atoms with E-state index >= 15 is 0 Å². The van der Waals surface area contributed by atoms with E-state index in [0.717, 1.165) is 90.1 Å². The minimum absolute atomic E-state index is 0.133. The van der Waals surface area contributed by atoms with Crippen LogP contribution >= 0.6 is 0 Å². The first-order valence-electron chi connectivity index (χ1n) is 9.47. The van der Waals surface area contributed by atoms with Crippen molar-refractivity contribution in [3.05, 3.63) is 0 Å². The van der Waals surface area contributed by atoms with Crippen molar-refractivity contribution in [1.29, 1.82) is 0 Å². The fraction of sp³-hybridized carbons (Fsp3) is 1.00. The van der Waals surface area contributed by atoms with Gasteiger partial charge in [-0.05, 0) is 51.6 Å². The summed E-state index contributed by atoms with van der Waals surface area (Å²) in [6.45, 7) is 1.52. The summed E-state index contributed by atoms with van der Waals surface area (Å²) in [4.78, 5) is 0. The Balaban J connectivity index is 3.24. The second-order valence-corrected chi connectivity index (χ2v) is 6.58. The minimum Gasteiger partial charge on any atom is -0.393 e. The highest BCUT2D eigenvalue weighted by Gasteiger charge is 2.05. The van der Waals surface area contributed by atoms with Crippen LogP contribution in [-0.4, -0.2) is 35.5 Å². The van der Waals surface area contributed by atoms with Gasteiger partial charge in [-0.15, -0.1) is 0 Å². The highest BCUT2D eigenvalue weighted by Crippen LogP contribution is 2.14. The Hall–Kier alpha value is -0.160. The zero-order valence-corrected chi connectivity index (χ0v) is 14.5. The van der Waals surface area contributed by atoms with Gasteiger partial charge in [-0.25, -0.2) is 0 Å². The van der Waals surface area contributed by atoms with E-state index in [1.54, 1.807) is 0 Å². The molecule has 0 heterocycles. The second-order valence-electron chi connectivity index (χ2n) is 6.58. The van der Waals surface area contributed by atoms with E-state index in [-0.39, 0.29) is 12.2 Å². The van der Waals surface area contributed by atoms with Crippen molar-refractivity contribution in [1.82, 2.24) is 0 Å². The van der Waals surface area contributed by atoms with Gasteiger partial charge >= 0.3 is 0 Å². The van der Waals surface area contributed by atoms with E-state index in [2.05, 4.69) is 0 Å². The van der Waals surface area contributed by atoms with Crippen LogP contribution in [0.2, 0.25) is 0 Å². The Morgan fingerprint density at radius 1 is 0.455 bits per heavy atom. The SMILES string of the molecule is NCCCCCC(O)CCCCCCC(O)CCCCCN. The number of hydrogen-bond donors (Lipinski definition) is 4. The molecule has 0 aliphatic carbocycles. The summed E-state index contributed by atoms with van der Waals surface area (Å²) in [6.07, 6.45) is 14.5. The third-order valence-corrected chi connectivity index (χ3v) is 4.31. The Morgan fingerprint density at radius 3 is 1.00 bits per heavy atom. The van der Waals surface area contributed by atoms with Crippen molar-refractivity contribution in [2.24, 2.45) is 11.5 Å². The first-order chi connectivity index (χ1) is 10.7. The smallest absolute Gasteiger partial charge is 0.0540 e. The van der Waals surface area contributed by atoms with Crippen LogP contribution in [-0.2, 0) is 0 Å². The van der Waals surface area contributed by atoms with E-state index in [1.807, 2.05) is 0 Å². The van der Waals surface area contributed by atoms with Gasteiger partial charge in [0.2, 0.25) is 0 Å². The van der Waals surface area contributed by atoms with Crippen LogP contribution in [0.25, 0.3) is 0 Å². The molecule has 6 N–H and O–H groups in total. The number of aliphatic hydroxyl groups is 2. The molecule has 2 unspecified atom stereocenters. The van der Waals surface area contributed by atoms with Crippen molar-refractivity contribution in [3.8, 4) is 0 Å². The van der Waals surface area contributed by atoms with Gasteiger partial charge < -0.3 is 21.7 Å². The standard InChI is InChI=1S/C18H40N2O2/c19-15-9-3-7-13-17(21)11-5-1-2-6-12-18(22)14-8-4-10-16-20/h17-18,21-22H,1-16,19-20H2. The molecule has 0 aromatic rings. The van der Waals surface area contributed by atoms with E-state index < -0.39 is 0 Å². The molecule has 0 amide bonds. The van der Waals surface area contributed by atoms with Crippen LogP contribution in [0.4, 0.5) is 0 Å². The van der Waals surface area contributed by atoms with Crippen LogP contribution in [0.15, 0.2) is 0 Å². The van der Waals surface area contributed by atoms with E-state index in [9.17, 15) is 10.2 Å². The Bertz CT molecular complexity index is 193. The van der Waals surface area contributed by atoms with Gasteiger partial charge in [0.05, 0.1) is 12.2 Å². The summed E-state index contributed by atoms with van der Waals surface area (Å²) in [7, 11) is 0. The monoisotopic (exact) mass is 316 g/mol. The lowest BCUT2D eigenvalue weighted by Crippen LogP contribution is -2.08. The second kappa shape index (κ2) is 17.2. The van der Waals surface area contributed by atoms with E-state index in [1.165, 1.54) is 12.8 Å². The number of hydrogen-bond acceptors (Lipinski definition) is 4. The molecule has 0 bridgehead atoms. The van der Waals surface area contributed by atoms with Crippen molar-refractivity contribution in [2.75, 3.05) is 13.1 Å². The lowest BCUT2D eigenvalue weighted by atomic mass is 10.0. The third-order valence-electron chi connectivity index (χ3n) is 4.31. The molecule has 0 rings (SSSR count). The summed E-state index contributed by atoms with van der Waals surface area (Å²) in [6, 6.07) is 0. The zero-order valence-electron chi connectivity index (χ0n) is 14.5. The molecule has 2 atom stereocenters. The summed E-state index contributed by atoms with van der Waals surface area (Å²) in [5.74, 6) is 0. The maximum Gasteiger partial charge on any atom is 0.0540 e. The predicted molar refractivity (Wildman–Crippen MR) is 94.8 cm³/mol. The summed E-state index contributed by atoms with van der Waals surface area (Å²) in [5, 5.41) is 19.7. The molecular weight excluding hydrogens is 276 g/mol. The Labute approximate surface area is 137 Å². The van der Waals surface area contributed by atoms with Crippen molar-refractivity contribution in [2.45, 2.75) is 102 Å². The highest BCUT2D eigenvalue weighted by atomic mass is 16.3. The number of unbranched alkanes of at least 4 members (excludes halogenated alkanes) is 7. The first kappa shape index (κ1) is 21.8. The van der Waals surface area contributed by atoms with Gasteiger partial charge in [0, 0.05) is 0 Å². The molecule has 0 aliphatic heterocycles. The first-order valence-corrected chi connectivity index (χ1v) is 9.47. The lowest BCUT2D eigenvalue weighted by molar-refractivity contribution is 0.142. The molecule has 22 heavy (non-hydrogen) atoms. The van der Waals surface area contributed by atoms with Gasteiger partial charge in [0.15, 0.2) is 0 Å². The molecule has 134 valence electrons. The summed E-state index contributed by atoms with van der Waals surface area (Å²) < 4.78 is 0. The fourth-order valence-electron chi connectivity index (χ4n) is 2.80. The van der Waals surface area contributed by atoms with Gasteiger partial charge in [0.1, 0.15) is 0 Å². The van der Waals surface area contributed by atoms with E-state index in [0.29, 0.717) is 0 Å². The number of aliphatic hydroxyl groups excluding tert-OH is 2. The van der Waals surface area contributed by atoms with Crippen molar-refractivity contribution < 1.29 is 10.2 Å². The predicted octanol–water partition coefficient (Wildman–Crippen LogP) is 3.09. The zero-order chi connectivity index (χ0) is 16.5. The quantitative estimate of drug-likeness (QED) is 0.310. The molecule has 4 heteroatoms. The van der Waals surface area contributed by atoms with Crippen LogP contribution < -0.4 is 11.5 Å². The van der Waals surface area contributed by atoms with Crippen molar-refractivity contribution >= 4 is 0 Å². The normalized spacial score (nSPS) is 14.2. The molecule has 0 aromatic carbocycles. The van der Waals surface area contributed by atoms with Gasteiger partial charge in [-0.3, -0.25) is 0 Å².